The molecule has 0 aliphatic carbocycles. The zero-order valence-electron chi connectivity index (χ0n) is 19.1. The van der Waals surface area contributed by atoms with Crippen LogP contribution >= 0.6 is 0 Å². The monoisotopic (exact) mass is 476 g/mol. The van der Waals surface area contributed by atoms with E-state index in [2.05, 4.69) is 10.0 Å². The first-order valence-corrected chi connectivity index (χ1v) is 12.0. The van der Waals surface area contributed by atoms with Gasteiger partial charge in [-0.15, -0.1) is 0 Å². The van der Waals surface area contributed by atoms with Crippen LogP contribution in [-0.4, -0.2) is 46.2 Å². The fourth-order valence-corrected chi connectivity index (χ4v) is 4.52. The Kier molecular flexibility index (Phi) is 7.60. The van der Waals surface area contributed by atoms with Gasteiger partial charge < -0.3 is 19.5 Å². The number of benzene rings is 2. The van der Waals surface area contributed by atoms with Gasteiger partial charge in [0, 0.05) is 18.3 Å². The number of carbonyl (C=O) groups is 2. The largest absolute Gasteiger partial charge is 0.486 e. The molecular formula is C23H28N2O7S. The molecular weight excluding hydrogens is 448 g/mol. The highest BCUT2D eigenvalue weighted by Gasteiger charge is 2.22. The maximum Gasteiger partial charge on any atom is 0.307 e. The number of nitrogens with one attached hydrogen (secondary N) is 2. The van der Waals surface area contributed by atoms with Crippen molar-refractivity contribution in [1.82, 2.24) is 4.72 Å². The molecule has 0 saturated carbocycles. The predicted molar refractivity (Wildman–Crippen MR) is 122 cm³/mol. The quantitative estimate of drug-likeness (QED) is 0.562. The van der Waals surface area contributed by atoms with Gasteiger partial charge in [-0.3, -0.25) is 9.59 Å². The Morgan fingerprint density at radius 3 is 2.33 bits per heavy atom. The number of hydrogen-bond donors (Lipinski definition) is 2. The molecule has 1 atom stereocenters. The number of fused-ring (bicyclic) bond motifs is 1. The molecule has 2 aromatic carbocycles. The standard InChI is InChI=1S/C23H28N2O7S/c1-14-11-15(2)22(16(3)12-14)25-23(27)17(4)32-21(26)7-8-24-33(28,29)18-5-6-19-20(13-18)31-10-9-30-19/h5-6,11-13,17,24H,7-10H2,1-4H3,(H,25,27)/t17-/m0/s1. The number of hydrogen-bond acceptors (Lipinski definition) is 7. The van der Waals surface area contributed by atoms with Gasteiger partial charge in [-0.2, -0.15) is 0 Å². The molecule has 0 saturated heterocycles. The summed E-state index contributed by atoms with van der Waals surface area (Å²) in [6, 6.07) is 8.20. The molecule has 1 amide bonds. The SMILES string of the molecule is Cc1cc(C)c(NC(=O)[C@H](C)OC(=O)CCNS(=O)(=O)c2ccc3c(c2)OCCO3)c(C)c1. The van der Waals surface area contributed by atoms with E-state index in [0.717, 1.165) is 16.7 Å². The highest BCUT2D eigenvalue weighted by atomic mass is 32.2. The van der Waals surface area contributed by atoms with Crippen molar-refractivity contribution < 1.29 is 32.2 Å². The number of ether oxygens (including phenoxy) is 3. The topological polar surface area (TPSA) is 120 Å². The molecule has 2 aromatic rings. The van der Waals surface area contributed by atoms with E-state index < -0.39 is 28.0 Å². The van der Waals surface area contributed by atoms with Crippen molar-refractivity contribution >= 4 is 27.6 Å². The maximum atomic E-state index is 12.5. The van der Waals surface area contributed by atoms with Crippen molar-refractivity contribution in [2.24, 2.45) is 0 Å². The lowest BCUT2D eigenvalue weighted by atomic mass is 10.0. The molecule has 0 radical (unpaired) electrons. The predicted octanol–water partition coefficient (Wildman–Crippen LogP) is 2.62. The first-order valence-electron chi connectivity index (χ1n) is 10.5. The van der Waals surface area contributed by atoms with Crippen molar-refractivity contribution in [2.45, 2.75) is 45.1 Å². The molecule has 10 heteroatoms. The van der Waals surface area contributed by atoms with Gasteiger partial charge in [-0.05, 0) is 51.0 Å². The van der Waals surface area contributed by atoms with Gasteiger partial charge in [-0.25, -0.2) is 13.1 Å². The Hall–Kier alpha value is -3.11. The second-order valence-corrected chi connectivity index (χ2v) is 9.62. The highest BCUT2D eigenvalue weighted by molar-refractivity contribution is 7.89. The van der Waals surface area contributed by atoms with E-state index in [1.807, 2.05) is 32.9 Å². The third-order valence-electron chi connectivity index (χ3n) is 5.05. The smallest absolute Gasteiger partial charge is 0.307 e. The van der Waals surface area contributed by atoms with Crippen LogP contribution in [0, 0.1) is 20.8 Å². The van der Waals surface area contributed by atoms with Crippen LogP contribution in [0.3, 0.4) is 0 Å². The van der Waals surface area contributed by atoms with E-state index in [1.54, 1.807) is 0 Å². The highest BCUT2D eigenvalue weighted by Crippen LogP contribution is 2.32. The van der Waals surface area contributed by atoms with Crippen LogP contribution < -0.4 is 19.5 Å². The molecule has 0 spiro atoms. The molecule has 0 unspecified atom stereocenters. The summed E-state index contributed by atoms with van der Waals surface area (Å²) in [5.74, 6) is -0.329. The second-order valence-electron chi connectivity index (χ2n) is 7.85. The van der Waals surface area contributed by atoms with Crippen molar-refractivity contribution in [2.75, 3.05) is 25.1 Å². The van der Waals surface area contributed by atoms with Gasteiger partial charge in [0.2, 0.25) is 10.0 Å². The Bertz CT molecular complexity index is 1140. The molecule has 3 rings (SSSR count). The first kappa shape index (κ1) is 24.5. The zero-order chi connectivity index (χ0) is 24.2. The average Bonchev–Trinajstić information content (AvgIpc) is 2.75. The van der Waals surface area contributed by atoms with Crippen LogP contribution in [0.15, 0.2) is 35.2 Å². The summed E-state index contributed by atoms with van der Waals surface area (Å²) in [5.41, 5.74) is 3.59. The molecule has 1 heterocycles. The number of aryl methyl sites for hydroxylation is 3. The lowest BCUT2D eigenvalue weighted by Gasteiger charge is -2.19. The zero-order valence-corrected chi connectivity index (χ0v) is 19.9. The maximum absolute atomic E-state index is 12.5. The van der Waals surface area contributed by atoms with E-state index in [-0.39, 0.29) is 17.9 Å². The Morgan fingerprint density at radius 2 is 1.67 bits per heavy atom. The van der Waals surface area contributed by atoms with E-state index in [4.69, 9.17) is 14.2 Å². The molecule has 1 aliphatic rings. The van der Waals surface area contributed by atoms with Crippen LogP contribution in [0.5, 0.6) is 11.5 Å². The van der Waals surface area contributed by atoms with Gasteiger partial charge in [0.1, 0.15) is 13.2 Å². The molecule has 0 aromatic heterocycles. The first-order chi connectivity index (χ1) is 15.6. The van der Waals surface area contributed by atoms with Gasteiger partial charge >= 0.3 is 5.97 Å². The molecule has 9 nitrogen and oxygen atoms in total. The Balaban J connectivity index is 1.50. The minimum absolute atomic E-state index is 0.00305. The summed E-state index contributed by atoms with van der Waals surface area (Å²) in [6.45, 7) is 7.77. The molecule has 0 bridgehead atoms. The van der Waals surface area contributed by atoms with Crippen LogP contribution in [0.25, 0.3) is 0 Å². The average molecular weight is 477 g/mol. The summed E-state index contributed by atoms with van der Waals surface area (Å²) >= 11 is 0. The van der Waals surface area contributed by atoms with E-state index in [1.165, 1.54) is 25.1 Å². The number of sulfonamides is 1. The number of rotatable bonds is 8. The van der Waals surface area contributed by atoms with E-state index in [9.17, 15) is 18.0 Å². The Morgan fingerprint density at radius 1 is 1.03 bits per heavy atom. The van der Waals surface area contributed by atoms with E-state index >= 15 is 0 Å². The summed E-state index contributed by atoms with van der Waals surface area (Å²) in [7, 11) is -3.86. The fraction of sp³-hybridized carbons (Fsp3) is 0.391. The number of amides is 1. The summed E-state index contributed by atoms with van der Waals surface area (Å²) in [4.78, 5) is 24.6. The molecule has 2 N–H and O–H groups in total. The van der Waals surface area contributed by atoms with Crippen LogP contribution in [0.2, 0.25) is 0 Å². The van der Waals surface area contributed by atoms with Crippen molar-refractivity contribution in [3.8, 4) is 11.5 Å². The summed E-state index contributed by atoms with van der Waals surface area (Å²) in [6.07, 6.45) is -1.27. The van der Waals surface area contributed by atoms with Crippen LogP contribution in [0.1, 0.15) is 30.0 Å². The fourth-order valence-electron chi connectivity index (χ4n) is 3.47. The van der Waals surface area contributed by atoms with Gasteiger partial charge in [0.15, 0.2) is 17.6 Å². The lowest BCUT2D eigenvalue weighted by Crippen LogP contribution is -2.32. The van der Waals surface area contributed by atoms with Crippen LogP contribution in [0.4, 0.5) is 5.69 Å². The lowest BCUT2D eigenvalue weighted by molar-refractivity contribution is -0.152. The third kappa shape index (κ3) is 6.23. The molecule has 1 aliphatic heterocycles. The second kappa shape index (κ2) is 10.2. The van der Waals surface area contributed by atoms with Gasteiger partial charge in [-0.1, -0.05) is 17.7 Å². The molecule has 0 fully saturated rings. The summed E-state index contributed by atoms with van der Waals surface area (Å²) < 4.78 is 43.3. The van der Waals surface area contributed by atoms with Crippen molar-refractivity contribution in [3.05, 3.63) is 47.0 Å². The minimum atomic E-state index is -3.86. The normalized spacial score (nSPS) is 13.8. The molecule has 178 valence electrons. The number of anilines is 1. The minimum Gasteiger partial charge on any atom is -0.486 e. The van der Waals surface area contributed by atoms with Gasteiger partial charge in [0.25, 0.3) is 5.91 Å². The van der Waals surface area contributed by atoms with Gasteiger partial charge in [0.05, 0.1) is 11.3 Å². The van der Waals surface area contributed by atoms with Crippen molar-refractivity contribution in [3.63, 3.8) is 0 Å². The number of carbonyl (C=O) groups excluding carboxylic acids is 2. The molecule has 33 heavy (non-hydrogen) atoms. The van der Waals surface area contributed by atoms with E-state index in [0.29, 0.717) is 30.4 Å². The number of esters is 1. The van der Waals surface area contributed by atoms with Crippen LogP contribution in [-0.2, 0) is 24.3 Å². The summed E-state index contributed by atoms with van der Waals surface area (Å²) in [5, 5.41) is 2.79. The third-order valence-corrected chi connectivity index (χ3v) is 6.51. The van der Waals surface area contributed by atoms with Crippen molar-refractivity contribution in [1.29, 1.82) is 0 Å². The Labute approximate surface area is 193 Å².